The molecule has 0 aromatic heterocycles. The van der Waals surface area contributed by atoms with E-state index >= 15 is 0 Å². The normalized spacial score (nSPS) is 14.8. The van der Waals surface area contributed by atoms with E-state index < -0.39 is 10.0 Å². The number of anilines is 1. The Kier molecular flexibility index (Phi) is 8.35. The molecule has 0 aliphatic carbocycles. The topological polar surface area (TPSA) is 88.2 Å². The Balaban J connectivity index is 1.37. The predicted molar refractivity (Wildman–Crippen MR) is 125 cm³/mol. The van der Waals surface area contributed by atoms with E-state index in [4.69, 9.17) is 9.47 Å². The Hall–Kier alpha value is -2.78. The molecule has 1 heterocycles. The third kappa shape index (κ3) is 6.61. The monoisotopic (exact) mass is 461 g/mol. The van der Waals surface area contributed by atoms with Crippen molar-refractivity contribution in [1.29, 1.82) is 0 Å². The zero-order valence-electron chi connectivity index (χ0n) is 18.6. The molecule has 2 aromatic carbocycles. The second-order valence-corrected chi connectivity index (χ2v) is 9.77. The highest BCUT2D eigenvalue weighted by Gasteiger charge is 2.26. The van der Waals surface area contributed by atoms with Gasteiger partial charge in [-0.2, -0.15) is 4.31 Å². The molecule has 0 spiro atoms. The summed E-state index contributed by atoms with van der Waals surface area (Å²) < 4.78 is 37.5. The highest BCUT2D eigenvalue weighted by atomic mass is 32.2. The molecule has 9 heteroatoms. The highest BCUT2D eigenvalue weighted by Crippen LogP contribution is 2.25. The lowest BCUT2D eigenvalue weighted by molar-refractivity contribution is -0.123. The van der Waals surface area contributed by atoms with Gasteiger partial charge in [0.25, 0.3) is 5.91 Å². The van der Waals surface area contributed by atoms with Gasteiger partial charge in [-0.05, 0) is 43.2 Å². The first kappa shape index (κ1) is 23.9. The second kappa shape index (κ2) is 11.2. The van der Waals surface area contributed by atoms with Crippen molar-refractivity contribution >= 4 is 21.6 Å². The van der Waals surface area contributed by atoms with Crippen LogP contribution >= 0.6 is 0 Å². The number of carbonyl (C=O) groups excluding carboxylic acids is 1. The van der Waals surface area contributed by atoms with E-state index in [1.807, 2.05) is 25.1 Å². The number of nitrogens with one attached hydrogen (secondary N) is 1. The van der Waals surface area contributed by atoms with E-state index in [0.29, 0.717) is 44.1 Å². The number of para-hydroxylation sites is 2. The first-order valence-corrected chi connectivity index (χ1v) is 12.3. The van der Waals surface area contributed by atoms with Crippen LogP contribution < -0.4 is 19.7 Å². The van der Waals surface area contributed by atoms with Crippen LogP contribution in [0.3, 0.4) is 0 Å². The summed E-state index contributed by atoms with van der Waals surface area (Å²) in [5.41, 5.74) is 2.31. The van der Waals surface area contributed by atoms with Gasteiger partial charge in [-0.3, -0.25) is 4.79 Å². The molecule has 0 atom stereocenters. The van der Waals surface area contributed by atoms with Gasteiger partial charge in [-0.25, -0.2) is 8.42 Å². The summed E-state index contributed by atoms with van der Waals surface area (Å²) in [4.78, 5) is 14.2. The van der Waals surface area contributed by atoms with Crippen molar-refractivity contribution in [3.8, 4) is 11.5 Å². The molecule has 1 aliphatic heterocycles. The number of benzene rings is 2. The van der Waals surface area contributed by atoms with Crippen molar-refractivity contribution in [3.05, 3.63) is 54.1 Å². The van der Waals surface area contributed by atoms with Crippen molar-refractivity contribution in [2.45, 2.75) is 13.3 Å². The number of aryl methyl sites for hydroxylation is 1. The highest BCUT2D eigenvalue weighted by molar-refractivity contribution is 7.89. The summed E-state index contributed by atoms with van der Waals surface area (Å²) in [7, 11) is -1.82. The number of rotatable bonds is 10. The summed E-state index contributed by atoms with van der Waals surface area (Å²) >= 11 is 0. The standard InChI is InChI=1S/C23H31N3O5S/c1-19-7-5-8-20(17-19)25-12-14-26(15-13-25)32(28,29)16-6-11-24-23(27)18-31-22-10-4-3-9-21(22)30-2/h3-5,7-10,17H,6,11-16,18H2,1-2H3,(H,24,27). The van der Waals surface area contributed by atoms with Gasteiger partial charge in [-0.15, -0.1) is 0 Å². The number of piperazine rings is 1. The average molecular weight is 462 g/mol. The minimum Gasteiger partial charge on any atom is -0.493 e. The van der Waals surface area contributed by atoms with Crippen molar-refractivity contribution in [1.82, 2.24) is 9.62 Å². The molecule has 1 N–H and O–H groups in total. The number of methoxy groups -OCH3 is 1. The number of hydrogen-bond acceptors (Lipinski definition) is 6. The maximum Gasteiger partial charge on any atom is 0.257 e. The van der Waals surface area contributed by atoms with Crippen molar-refractivity contribution < 1.29 is 22.7 Å². The van der Waals surface area contributed by atoms with E-state index in [-0.39, 0.29) is 24.8 Å². The van der Waals surface area contributed by atoms with Crippen LogP contribution in [0.25, 0.3) is 0 Å². The predicted octanol–water partition coefficient (Wildman–Crippen LogP) is 2.04. The van der Waals surface area contributed by atoms with Gasteiger partial charge < -0.3 is 19.7 Å². The molecule has 1 amide bonds. The number of hydrogen-bond donors (Lipinski definition) is 1. The molecule has 0 radical (unpaired) electrons. The minimum absolute atomic E-state index is 0.00505. The molecule has 0 saturated carbocycles. The van der Waals surface area contributed by atoms with E-state index in [2.05, 4.69) is 22.3 Å². The molecule has 1 fully saturated rings. The van der Waals surface area contributed by atoms with Gasteiger partial charge in [0.05, 0.1) is 12.9 Å². The van der Waals surface area contributed by atoms with Crippen LogP contribution in [0.2, 0.25) is 0 Å². The van der Waals surface area contributed by atoms with E-state index in [0.717, 1.165) is 5.69 Å². The first-order valence-electron chi connectivity index (χ1n) is 10.7. The third-order valence-electron chi connectivity index (χ3n) is 5.33. The van der Waals surface area contributed by atoms with Gasteiger partial charge in [0, 0.05) is 38.4 Å². The van der Waals surface area contributed by atoms with Gasteiger partial charge >= 0.3 is 0 Å². The SMILES string of the molecule is COc1ccccc1OCC(=O)NCCCS(=O)(=O)N1CCN(c2cccc(C)c2)CC1. The summed E-state index contributed by atoms with van der Waals surface area (Å²) in [6.45, 7) is 4.43. The molecule has 174 valence electrons. The van der Waals surface area contributed by atoms with Gasteiger partial charge in [0.2, 0.25) is 10.0 Å². The van der Waals surface area contributed by atoms with E-state index in [1.54, 1.807) is 22.5 Å². The van der Waals surface area contributed by atoms with E-state index in [9.17, 15) is 13.2 Å². The van der Waals surface area contributed by atoms with Crippen LogP contribution in [0.5, 0.6) is 11.5 Å². The number of sulfonamides is 1. The maximum absolute atomic E-state index is 12.7. The fraction of sp³-hybridized carbons (Fsp3) is 0.435. The number of ether oxygens (including phenoxy) is 2. The minimum atomic E-state index is -3.35. The zero-order chi connectivity index (χ0) is 23.0. The van der Waals surface area contributed by atoms with Gasteiger partial charge in [0.15, 0.2) is 18.1 Å². The Morgan fingerprint density at radius 1 is 1.03 bits per heavy atom. The zero-order valence-corrected chi connectivity index (χ0v) is 19.4. The molecule has 0 bridgehead atoms. The maximum atomic E-state index is 12.7. The van der Waals surface area contributed by atoms with Crippen LogP contribution in [-0.4, -0.2) is 70.8 Å². The van der Waals surface area contributed by atoms with Gasteiger partial charge in [-0.1, -0.05) is 24.3 Å². The fourth-order valence-corrected chi connectivity index (χ4v) is 5.08. The Morgan fingerprint density at radius 3 is 2.44 bits per heavy atom. The van der Waals surface area contributed by atoms with Crippen LogP contribution in [0, 0.1) is 6.92 Å². The number of nitrogens with zero attached hydrogens (tertiary/aromatic N) is 2. The molecule has 8 nitrogen and oxygen atoms in total. The Morgan fingerprint density at radius 2 is 1.75 bits per heavy atom. The quantitative estimate of drug-likeness (QED) is 0.545. The average Bonchev–Trinajstić information content (AvgIpc) is 2.81. The summed E-state index contributed by atoms with van der Waals surface area (Å²) in [5, 5.41) is 2.70. The van der Waals surface area contributed by atoms with Crippen LogP contribution in [0.4, 0.5) is 5.69 Å². The molecule has 32 heavy (non-hydrogen) atoms. The lowest BCUT2D eigenvalue weighted by Gasteiger charge is -2.35. The van der Waals surface area contributed by atoms with Crippen molar-refractivity contribution in [2.75, 3.05) is 57.1 Å². The van der Waals surface area contributed by atoms with Crippen molar-refractivity contribution in [3.63, 3.8) is 0 Å². The molecule has 3 rings (SSSR count). The lowest BCUT2D eigenvalue weighted by Crippen LogP contribution is -2.49. The molecule has 1 saturated heterocycles. The molecular formula is C23H31N3O5S. The lowest BCUT2D eigenvalue weighted by atomic mass is 10.2. The Bertz CT molecular complexity index is 1000. The first-order chi connectivity index (χ1) is 15.4. The van der Waals surface area contributed by atoms with Crippen LogP contribution in [0.15, 0.2) is 48.5 Å². The number of carbonyl (C=O) groups is 1. The molecule has 2 aromatic rings. The number of amides is 1. The molecular weight excluding hydrogens is 430 g/mol. The largest absolute Gasteiger partial charge is 0.493 e. The van der Waals surface area contributed by atoms with E-state index in [1.165, 1.54) is 12.7 Å². The smallest absolute Gasteiger partial charge is 0.257 e. The summed E-state index contributed by atoms with van der Waals surface area (Å²) in [5.74, 6) is 0.733. The van der Waals surface area contributed by atoms with Gasteiger partial charge in [0.1, 0.15) is 0 Å². The molecule has 0 unspecified atom stereocenters. The third-order valence-corrected chi connectivity index (χ3v) is 7.28. The fourth-order valence-electron chi connectivity index (χ4n) is 3.59. The Labute approximate surface area is 190 Å². The summed E-state index contributed by atoms with van der Waals surface area (Å²) in [6, 6.07) is 15.3. The van der Waals surface area contributed by atoms with Crippen molar-refractivity contribution in [2.24, 2.45) is 0 Å². The summed E-state index contributed by atoms with van der Waals surface area (Å²) in [6.07, 6.45) is 0.348. The van der Waals surface area contributed by atoms with Crippen LogP contribution in [0.1, 0.15) is 12.0 Å². The second-order valence-electron chi connectivity index (χ2n) is 7.68. The molecule has 1 aliphatic rings. The van der Waals surface area contributed by atoms with Crippen LogP contribution in [-0.2, 0) is 14.8 Å².